The van der Waals surface area contributed by atoms with Crippen LogP contribution in [0.5, 0.6) is 0 Å². The van der Waals surface area contributed by atoms with Crippen LogP contribution >= 0.6 is 0 Å². The summed E-state index contributed by atoms with van der Waals surface area (Å²) in [6, 6.07) is 12.0. The van der Waals surface area contributed by atoms with Gasteiger partial charge in [0.05, 0.1) is 19.3 Å². The van der Waals surface area contributed by atoms with E-state index < -0.39 is 0 Å². The normalized spacial score (nSPS) is 30.2. The summed E-state index contributed by atoms with van der Waals surface area (Å²) in [7, 11) is 0. The number of nitrogens with one attached hydrogen (secondary N) is 1. The van der Waals surface area contributed by atoms with Crippen molar-refractivity contribution in [3.05, 3.63) is 35.9 Å². The lowest BCUT2D eigenvalue weighted by Gasteiger charge is -2.36. The highest BCUT2D eigenvalue weighted by Crippen LogP contribution is 2.31. The molecule has 1 aromatic rings. The average molecular weight is 246 g/mol. The van der Waals surface area contributed by atoms with Gasteiger partial charge in [-0.25, -0.2) is 0 Å². The molecular weight excluding hydrogens is 222 g/mol. The van der Waals surface area contributed by atoms with Crippen LogP contribution in [0.25, 0.3) is 0 Å². The number of benzene rings is 1. The molecule has 0 spiro atoms. The summed E-state index contributed by atoms with van der Waals surface area (Å²) >= 11 is 0. The number of ether oxygens (including phenoxy) is 1. The van der Waals surface area contributed by atoms with E-state index in [4.69, 9.17) is 4.74 Å². The Hall–Kier alpha value is -0.860. The Bertz CT molecular complexity index is 351. The van der Waals surface area contributed by atoms with Crippen LogP contribution in [0, 0.1) is 0 Å². The summed E-state index contributed by atoms with van der Waals surface area (Å²) in [5.41, 5.74) is 1.55. The summed E-state index contributed by atoms with van der Waals surface area (Å²) in [4.78, 5) is 1.80. The van der Waals surface area contributed by atoms with Gasteiger partial charge >= 0.3 is 0 Å². The molecule has 1 aliphatic heterocycles. The molecule has 0 radical (unpaired) electrons. The van der Waals surface area contributed by atoms with Crippen molar-refractivity contribution in [2.24, 2.45) is 0 Å². The maximum atomic E-state index is 5.46. The third-order valence-corrected chi connectivity index (χ3v) is 4.71. The molecular formula is C16H24NO+. The van der Waals surface area contributed by atoms with Gasteiger partial charge in [0, 0.05) is 0 Å². The first kappa shape index (κ1) is 12.2. The van der Waals surface area contributed by atoms with Crippen LogP contribution in [-0.4, -0.2) is 32.3 Å². The second-order valence-electron chi connectivity index (χ2n) is 5.73. The Morgan fingerprint density at radius 1 is 0.889 bits per heavy atom. The predicted molar refractivity (Wildman–Crippen MR) is 73.0 cm³/mol. The lowest BCUT2D eigenvalue weighted by molar-refractivity contribution is -0.934. The molecule has 1 aliphatic carbocycles. The van der Waals surface area contributed by atoms with Gasteiger partial charge in [0.15, 0.2) is 0 Å². The van der Waals surface area contributed by atoms with Crippen LogP contribution in [0.15, 0.2) is 30.3 Å². The van der Waals surface area contributed by atoms with Gasteiger partial charge in [-0.1, -0.05) is 30.3 Å². The molecule has 1 N–H and O–H groups in total. The van der Waals surface area contributed by atoms with Crippen molar-refractivity contribution in [3.8, 4) is 0 Å². The summed E-state index contributed by atoms with van der Waals surface area (Å²) in [6.07, 6.45) is 5.54. The van der Waals surface area contributed by atoms with Crippen LogP contribution in [-0.2, 0) is 4.74 Å². The molecule has 0 bridgehead atoms. The van der Waals surface area contributed by atoms with Gasteiger partial charge < -0.3 is 9.64 Å². The molecule has 1 saturated carbocycles. The highest BCUT2D eigenvalue weighted by atomic mass is 16.5. The van der Waals surface area contributed by atoms with Crippen LogP contribution in [0.2, 0.25) is 0 Å². The Morgan fingerprint density at radius 2 is 1.56 bits per heavy atom. The minimum absolute atomic E-state index is 0.808. The highest BCUT2D eigenvalue weighted by Gasteiger charge is 2.30. The van der Waals surface area contributed by atoms with E-state index in [-0.39, 0.29) is 0 Å². The number of morpholine rings is 1. The molecule has 0 amide bonds. The number of rotatable bonds is 2. The maximum Gasteiger partial charge on any atom is 0.101 e. The minimum Gasteiger partial charge on any atom is -0.370 e. The van der Waals surface area contributed by atoms with Gasteiger partial charge in [-0.05, 0) is 37.2 Å². The fraction of sp³-hybridized carbons (Fsp3) is 0.625. The fourth-order valence-electron chi connectivity index (χ4n) is 3.60. The van der Waals surface area contributed by atoms with Crippen molar-refractivity contribution in [2.45, 2.75) is 37.6 Å². The van der Waals surface area contributed by atoms with Crippen molar-refractivity contribution in [1.29, 1.82) is 0 Å². The van der Waals surface area contributed by atoms with Crippen molar-refractivity contribution in [1.82, 2.24) is 0 Å². The van der Waals surface area contributed by atoms with Crippen LogP contribution in [0.1, 0.15) is 37.2 Å². The van der Waals surface area contributed by atoms with E-state index in [1.54, 1.807) is 10.5 Å². The van der Waals surface area contributed by atoms with Gasteiger partial charge in [0.25, 0.3) is 0 Å². The van der Waals surface area contributed by atoms with E-state index in [2.05, 4.69) is 30.3 Å². The van der Waals surface area contributed by atoms with E-state index in [0.29, 0.717) is 0 Å². The Labute approximate surface area is 110 Å². The Kier molecular flexibility index (Phi) is 3.96. The van der Waals surface area contributed by atoms with Crippen molar-refractivity contribution < 1.29 is 9.64 Å². The van der Waals surface area contributed by atoms with Crippen molar-refractivity contribution >= 4 is 0 Å². The highest BCUT2D eigenvalue weighted by molar-refractivity contribution is 5.19. The predicted octanol–water partition coefficient (Wildman–Crippen LogP) is 1.63. The Balaban J connectivity index is 1.54. The first-order valence-corrected chi connectivity index (χ1v) is 7.41. The molecule has 0 atom stereocenters. The standard InChI is InChI=1S/C16H23NO/c1-2-4-14(5-3-1)15-6-8-16(9-7-15)17-10-12-18-13-11-17/h1-5,15-16H,6-13H2/p+1. The third-order valence-electron chi connectivity index (χ3n) is 4.71. The van der Waals surface area contributed by atoms with Crippen LogP contribution in [0.4, 0.5) is 0 Å². The van der Waals surface area contributed by atoms with Gasteiger partial charge in [-0.3, -0.25) is 0 Å². The smallest absolute Gasteiger partial charge is 0.101 e. The topological polar surface area (TPSA) is 13.7 Å². The summed E-state index contributed by atoms with van der Waals surface area (Å²) in [5.74, 6) is 0.808. The molecule has 3 rings (SSSR count). The SMILES string of the molecule is c1ccc(C2CCC([NH+]3CCOCC3)CC2)cc1. The second kappa shape index (κ2) is 5.85. The molecule has 1 saturated heterocycles. The zero-order chi connectivity index (χ0) is 12.2. The quantitative estimate of drug-likeness (QED) is 0.837. The number of hydrogen-bond acceptors (Lipinski definition) is 1. The van der Waals surface area contributed by atoms with Crippen molar-refractivity contribution in [2.75, 3.05) is 26.3 Å². The van der Waals surface area contributed by atoms with Gasteiger partial charge in [0.1, 0.15) is 13.1 Å². The van der Waals surface area contributed by atoms with E-state index in [0.717, 1.165) is 25.2 Å². The van der Waals surface area contributed by atoms with Gasteiger partial charge in [-0.15, -0.1) is 0 Å². The largest absolute Gasteiger partial charge is 0.370 e. The maximum absolute atomic E-state index is 5.46. The van der Waals surface area contributed by atoms with E-state index in [1.165, 1.54) is 38.8 Å². The Morgan fingerprint density at radius 3 is 2.22 bits per heavy atom. The van der Waals surface area contributed by atoms with E-state index in [9.17, 15) is 0 Å². The molecule has 2 aliphatic rings. The monoisotopic (exact) mass is 246 g/mol. The molecule has 2 nitrogen and oxygen atoms in total. The van der Waals surface area contributed by atoms with Gasteiger partial charge in [0.2, 0.25) is 0 Å². The number of quaternary nitrogens is 1. The molecule has 1 heterocycles. The summed E-state index contributed by atoms with van der Waals surface area (Å²) in [6.45, 7) is 4.38. The number of hydrogen-bond donors (Lipinski definition) is 1. The van der Waals surface area contributed by atoms with Gasteiger partial charge in [-0.2, -0.15) is 0 Å². The molecule has 98 valence electrons. The second-order valence-corrected chi connectivity index (χ2v) is 5.73. The molecule has 1 aromatic carbocycles. The van der Waals surface area contributed by atoms with E-state index in [1.807, 2.05) is 0 Å². The molecule has 18 heavy (non-hydrogen) atoms. The fourth-order valence-corrected chi connectivity index (χ4v) is 3.60. The first-order chi connectivity index (χ1) is 8.93. The molecule has 2 fully saturated rings. The molecule has 0 aromatic heterocycles. The minimum atomic E-state index is 0.808. The third kappa shape index (κ3) is 2.76. The summed E-state index contributed by atoms with van der Waals surface area (Å²) in [5, 5.41) is 0. The molecule has 2 heteroatoms. The van der Waals surface area contributed by atoms with Crippen molar-refractivity contribution in [3.63, 3.8) is 0 Å². The lowest BCUT2D eigenvalue weighted by Crippen LogP contribution is -3.17. The van der Waals surface area contributed by atoms with E-state index >= 15 is 0 Å². The first-order valence-electron chi connectivity index (χ1n) is 7.41. The zero-order valence-electron chi connectivity index (χ0n) is 11.1. The lowest BCUT2D eigenvalue weighted by atomic mass is 9.81. The molecule has 0 unspecified atom stereocenters. The zero-order valence-corrected chi connectivity index (χ0v) is 11.1. The average Bonchev–Trinajstić information content (AvgIpc) is 2.49. The summed E-state index contributed by atoms with van der Waals surface area (Å²) < 4.78 is 5.46. The van der Waals surface area contributed by atoms with Crippen LogP contribution < -0.4 is 4.90 Å². The van der Waals surface area contributed by atoms with Crippen LogP contribution in [0.3, 0.4) is 0 Å².